The molecule has 6 nitrogen and oxygen atoms in total. The number of rotatable bonds is 3. The Balaban J connectivity index is 2.48. The molecule has 0 amide bonds. The van der Waals surface area contributed by atoms with Crippen molar-refractivity contribution in [3.8, 4) is 11.6 Å². The second-order valence-electron chi connectivity index (χ2n) is 2.87. The summed E-state index contributed by atoms with van der Waals surface area (Å²) in [5.41, 5.74) is 0.661. The molecular weight excluding hydrogens is 297 g/mol. The largest absolute Gasteiger partial charge is 0.378 e. The average Bonchev–Trinajstić information content (AvgIpc) is 2.78. The number of H-pyrrole nitrogens is 1. The first-order valence-corrected chi connectivity index (χ1v) is 5.46. The van der Waals surface area contributed by atoms with Crippen LogP contribution in [0.5, 0.6) is 0 Å². The zero-order chi connectivity index (χ0) is 11.5. The molecule has 16 heavy (non-hydrogen) atoms. The molecule has 0 spiro atoms. The van der Waals surface area contributed by atoms with Crippen LogP contribution in [0, 0.1) is 0 Å². The number of nitrogens with one attached hydrogen (secondary N) is 1. The van der Waals surface area contributed by atoms with Crippen LogP contribution in [0.15, 0.2) is 10.8 Å². The van der Waals surface area contributed by atoms with Crippen molar-refractivity contribution >= 4 is 27.5 Å². The lowest BCUT2D eigenvalue weighted by atomic mass is 10.4. The van der Waals surface area contributed by atoms with E-state index in [4.69, 9.17) is 16.3 Å². The molecule has 0 fully saturated rings. The van der Waals surface area contributed by atoms with Crippen LogP contribution in [-0.4, -0.2) is 32.3 Å². The number of hydrogen-bond donors (Lipinski definition) is 1. The van der Waals surface area contributed by atoms with Crippen molar-refractivity contribution in [2.45, 2.75) is 6.61 Å². The van der Waals surface area contributed by atoms with Crippen molar-refractivity contribution in [1.29, 1.82) is 0 Å². The van der Waals surface area contributed by atoms with Crippen LogP contribution < -0.4 is 0 Å². The highest BCUT2D eigenvalue weighted by atomic mass is 79.9. The highest BCUT2D eigenvalue weighted by molar-refractivity contribution is 9.10. The Kier molecular flexibility index (Phi) is 3.47. The van der Waals surface area contributed by atoms with Gasteiger partial charge < -0.3 is 4.74 Å². The van der Waals surface area contributed by atoms with E-state index in [9.17, 15) is 0 Å². The zero-order valence-electron chi connectivity index (χ0n) is 8.24. The molecule has 0 saturated heterocycles. The molecule has 0 aliphatic heterocycles. The number of methoxy groups -OCH3 is 1. The summed E-state index contributed by atoms with van der Waals surface area (Å²) in [5, 5.41) is 6.71. The lowest BCUT2D eigenvalue weighted by Gasteiger charge is -2.05. The first kappa shape index (κ1) is 11.4. The normalized spacial score (nSPS) is 10.7. The number of ether oxygens (including phenoxy) is 1. The third-order valence-corrected chi connectivity index (χ3v) is 3.12. The van der Waals surface area contributed by atoms with Gasteiger partial charge in [-0.1, -0.05) is 11.6 Å². The Bertz CT molecular complexity index is 489. The van der Waals surface area contributed by atoms with E-state index >= 15 is 0 Å². The smallest absolute Gasteiger partial charge is 0.199 e. The molecule has 1 N–H and O–H groups in total. The molecule has 0 atom stereocenters. The van der Waals surface area contributed by atoms with Gasteiger partial charge in [0, 0.05) is 7.11 Å². The molecule has 2 aromatic heterocycles. The maximum Gasteiger partial charge on any atom is 0.199 e. The Hall–Kier alpha value is -1.05. The van der Waals surface area contributed by atoms with Crippen LogP contribution >= 0.6 is 27.5 Å². The van der Waals surface area contributed by atoms with E-state index in [0.29, 0.717) is 33.6 Å². The van der Waals surface area contributed by atoms with Crippen molar-refractivity contribution in [1.82, 2.24) is 25.1 Å². The molecule has 0 aromatic carbocycles. The van der Waals surface area contributed by atoms with Crippen molar-refractivity contribution in [3.63, 3.8) is 0 Å². The van der Waals surface area contributed by atoms with Crippen molar-refractivity contribution in [2.75, 3.05) is 7.11 Å². The summed E-state index contributed by atoms with van der Waals surface area (Å²) in [6.07, 6.45) is 1.38. The van der Waals surface area contributed by atoms with Gasteiger partial charge in [-0.25, -0.2) is 15.0 Å². The van der Waals surface area contributed by atoms with E-state index in [0.717, 1.165) is 0 Å². The number of aromatic amines is 1. The highest BCUT2D eigenvalue weighted by Crippen LogP contribution is 2.26. The Morgan fingerprint density at radius 3 is 2.94 bits per heavy atom. The van der Waals surface area contributed by atoms with Gasteiger partial charge in [-0.2, -0.15) is 5.10 Å². The first-order valence-electron chi connectivity index (χ1n) is 4.29. The number of aromatic nitrogens is 5. The third kappa shape index (κ3) is 2.21. The fourth-order valence-corrected chi connectivity index (χ4v) is 1.60. The van der Waals surface area contributed by atoms with Crippen LogP contribution in [0.2, 0.25) is 5.15 Å². The van der Waals surface area contributed by atoms with Crippen LogP contribution in [-0.2, 0) is 11.3 Å². The first-order chi connectivity index (χ1) is 7.72. The minimum absolute atomic E-state index is 0.313. The summed E-state index contributed by atoms with van der Waals surface area (Å²) >= 11 is 9.25. The predicted molar refractivity (Wildman–Crippen MR) is 60.8 cm³/mol. The van der Waals surface area contributed by atoms with Crippen LogP contribution in [0.1, 0.15) is 5.69 Å². The van der Waals surface area contributed by atoms with Gasteiger partial charge in [-0.15, -0.1) is 0 Å². The summed E-state index contributed by atoms with van der Waals surface area (Å²) in [6, 6.07) is 0. The lowest BCUT2D eigenvalue weighted by molar-refractivity contribution is 0.181. The number of halogens is 2. The van der Waals surface area contributed by atoms with Crippen LogP contribution in [0.3, 0.4) is 0 Å². The van der Waals surface area contributed by atoms with E-state index in [1.807, 2.05) is 0 Å². The summed E-state index contributed by atoms with van der Waals surface area (Å²) in [4.78, 5) is 12.3. The average molecular weight is 305 g/mol. The van der Waals surface area contributed by atoms with Crippen molar-refractivity contribution in [2.24, 2.45) is 0 Å². The Labute approximate surface area is 105 Å². The molecular formula is C8H7BrClN5O. The monoisotopic (exact) mass is 303 g/mol. The van der Waals surface area contributed by atoms with Crippen LogP contribution in [0.4, 0.5) is 0 Å². The standard InChI is InChI=1S/C8H7BrClN5O/c1-16-2-4-5(9)6(10)14-8(13-4)7-11-3-12-15-7/h3H,2H2,1H3,(H,11,12,15). The SMILES string of the molecule is COCc1nc(-c2ncn[nH]2)nc(Cl)c1Br. The van der Waals surface area contributed by atoms with E-state index < -0.39 is 0 Å². The summed E-state index contributed by atoms with van der Waals surface area (Å²) in [6.45, 7) is 0.337. The molecule has 0 saturated carbocycles. The predicted octanol–water partition coefficient (Wildman–Crippen LogP) is 1.82. The molecule has 0 bridgehead atoms. The Morgan fingerprint density at radius 1 is 1.50 bits per heavy atom. The van der Waals surface area contributed by atoms with Gasteiger partial charge in [0.2, 0.25) is 0 Å². The number of nitrogens with zero attached hydrogens (tertiary/aromatic N) is 4. The molecule has 2 rings (SSSR count). The van der Waals surface area contributed by atoms with E-state index in [1.54, 1.807) is 7.11 Å². The van der Waals surface area contributed by atoms with E-state index in [2.05, 4.69) is 41.1 Å². The molecule has 8 heteroatoms. The fourth-order valence-electron chi connectivity index (χ4n) is 1.11. The third-order valence-electron chi connectivity index (χ3n) is 1.79. The van der Waals surface area contributed by atoms with E-state index in [-0.39, 0.29) is 0 Å². The maximum atomic E-state index is 5.96. The molecule has 0 radical (unpaired) electrons. The van der Waals surface area contributed by atoms with Gasteiger partial charge in [0.05, 0.1) is 16.8 Å². The Morgan fingerprint density at radius 2 is 2.31 bits per heavy atom. The summed E-state index contributed by atoms with van der Waals surface area (Å²) < 4.78 is 5.64. The van der Waals surface area contributed by atoms with E-state index in [1.165, 1.54) is 6.33 Å². The van der Waals surface area contributed by atoms with Gasteiger partial charge in [0.25, 0.3) is 0 Å². The molecule has 0 aliphatic carbocycles. The lowest BCUT2D eigenvalue weighted by Crippen LogP contribution is -2.00. The minimum Gasteiger partial charge on any atom is -0.378 e. The molecule has 2 heterocycles. The maximum absolute atomic E-state index is 5.96. The molecule has 2 aromatic rings. The second-order valence-corrected chi connectivity index (χ2v) is 4.02. The van der Waals surface area contributed by atoms with Gasteiger partial charge in [-0.3, -0.25) is 5.10 Å². The van der Waals surface area contributed by atoms with Gasteiger partial charge in [0.1, 0.15) is 11.5 Å². The molecule has 0 aliphatic rings. The fraction of sp³-hybridized carbons (Fsp3) is 0.250. The molecule has 0 unspecified atom stereocenters. The van der Waals surface area contributed by atoms with Crippen molar-refractivity contribution < 1.29 is 4.74 Å². The zero-order valence-corrected chi connectivity index (χ0v) is 10.6. The van der Waals surface area contributed by atoms with Crippen LogP contribution in [0.25, 0.3) is 11.6 Å². The quantitative estimate of drug-likeness (QED) is 0.875. The van der Waals surface area contributed by atoms with Crippen molar-refractivity contribution in [3.05, 3.63) is 21.6 Å². The second kappa shape index (κ2) is 4.86. The number of hydrogen-bond acceptors (Lipinski definition) is 5. The topological polar surface area (TPSA) is 76.6 Å². The minimum atomic E-state index is 0.313. The highest BCUT2D eigenvalue weighted by Gasteiger charge is 2.13. The molecule has 84 valence electrons. The van der Waals surface area contributed by atoms with Gasteiger partial charge >= 0.3 is 0 Å². The van der Waals surface area contributed by atoms with Gasteiger partial charge in [-0.05, 0) is 15.9 Å². The van der Waals surface area contributed by atoms with Gasteiger partial charge in [0.15, 0.2) is 11.6 Å². The summed E-state index contributed by atoms with van der Waals surface area (Å²) in [7, 11) is 1.58. The summed E-state index contributed by atoms with van der Waals surface area (Å²) in [5.74, 6) is 0.851.